The van der Waals surface area contributed by atoms with E-state index in [9.17, 15) is 9.18 Å². The fourth-order valence-corrected chi connectivity index (χ4v) is 2.68. The molecule has 5 heteroatoms. The van der Waals surface area contributed by atoms with Crippen molar-refractivity contribution in [3.63, 3.8) is 0 Å². The molecule has 0 saturated heterocycles. The van der Waals surface area contributed by atoms with Crippen molar-refractivity contribution >= 4 is 5.97 Å². The summed E-state index contributed by atoms with van der Waals surface area (Å²) in [5.74, 6) is -0.488. The molecule has 3 rings (SSSR count). The van der Waals surface area contributed by atoms with Crippen LogP contribution in [0.5, 0.6) is 0 Å². The lowest BCUT2D eigenvalue weighted by Gasteiger charge is -2.05. The van der Waals surface area contributed by atoms with E-state index < -0.39 is 0 Å². The highest BCUT2D eigenvalue weighted by Gasteiger charge is 2.23. The van der Waals surface area contributed by atoms with Gasteiger partial charge in [0, 0.05) is 17.7 Å². The van der Waals surface area contributed by atoms with Crippen LogP contribution in [0.3, 0.4) is 0 Å². The molecule has 0 aliphatic heterocycles. The van der Waals surface area contributed by atoms with Gasteiger partial charge in [-0.25, -0.2) is 9.07 Å². The third kappa shape index (κ3) is 2.68. The Morgan fingerprint density at radius 3 is 2.81 bits per heavy atom. The molecule has 0 unspecified atom stereocenters. The molecular weight excluding hydrogens is 271 g/mol. The molecular formula is C16H17FN2O2. The Morgan fingerprint density at radius 1 is 1.33 bits per heavy atom. The first-order valence-corrected chi connectivity index (χ1v) is 7.20. The second-order valence-corrected chi connectivity index (χ2v) is 5.13. The van der Waals surface area contributed by atoms with Crippen LogP contribution in [0, 0.1) is 5.82 Å². The fraction of sp³-hybridized carbons (Fsp3) is 0.375. The average molecular weight is 288 g/mol. The van der Waals surface area contributed by atoms with Crippen LogP contribution in [-0.2, 0) is 29.0 Å². The van der Waals surface area contributed by atoms with Crippen LogP contribution in [0.2, 0.25) is 0 Å². The molecule has 0 bridgehead atoms. The maximum Gasteiger partial charge on any atom is 0.305 e. The third-order valence-electron chi connectivity index (χ3n) is 3.74. The van der Waals surface area contributed by atoms with Crippen LogP contribution in [0.15, 0.2) is 24.3 Å². The van der Waals surface area contributed by atoms with Gasteiger partial charge in [-0.15, -0.1) is 0 Å². The Bertz CT molecular complexity index is 662. The number of fused-ring (bicyclic) bond motifs is 1. The van der Waals surface area contributed by atoms with Crippen LogP contribution < -0.4 is 0 Å². The highest BCUT2D eigenvalue weighted by Crippen LogP contribution is 2.28. The van der Waals surface area contributed by atoms with E-state index in [4.69, 9.17) is 4.74 Å². The van der Waals surface area contributed by atoms with Crippen LogP contribution in [0.1, 0.15) is 36.7 Å². The average Bonchev–Trinajstić information content (AvgIpc) is 3.08. The summed E-state index contributed by atoms with van der Waals surface area (Å²) >= 11 is 0. The van der Waals surface area contributed by atoms with Gasteiger partial charge in [0.15, 0.2) is 0 Å². The first kappa shape index (κ1) is 13.8. The molecule has 4 nitrogen and oxygen atoms in total. The lowest BCUT2D eigenvalue weighted by molar-refractivity contribution is -0.144. The molecule has 0 N–H and O–H groups in total. The summed E-state index contributed by atoms with van der Waals surface area (Å²) in [7, 11) is 0. The van der Waals surface area contributed by atoms with E-state index in [1.165, 1.54) is 17.7 Å². The molecule has 1 aliphatic rings. The number of hydrogen-bond acceptors (Lipinski definition) is 3. The van der Waals surface area contributed by atoms with Crippen molar-refractivity contribution in [1.29, 1.82) is 0 Å². The molecule has 0 spiro atoms. The van der Waals surface area contributed by atoms with E-state index in [1.54, 1.807) is 19.1 Å². The Labute approximate surface area is 122 Å². The molecule has 0 amide bonds. The first-order chi connectivity index (χ1) is 10.2. The number of hydrogen-bond donors (Lipinski definition) is 0. The second kappa shape index (κ2) is 5.68. The highest BCUT2D eigenvalue weighted by molar-refractivity contribution is 5.68. The van der Waals surface area contributed by atoms with Gasteiger partial charge in [-0.05, 0) is 43.5 Å². The topological polar surface area (TPSA) is 44.1 Å². The zero-order chi connectivity index (χ0) is 14.8. The van der Waals surface area contributed by atoms with Crippen LogP contribution in [-0.4, -0.2) is 15.7 Å². The van der Waals surface area contributed by atoms with Gasteiger partial charge in [0.25, 0.3) is 0 Å². The number of ether oxygens (including phenoxy) is 1. The molecule has 0 radical (unpaired) electrons. The zero-order valence-electron chi connectivity index (χ0n) is 11.9. The minimum atomic E-state index is -0.264. The number of aromatic nitrogens is 2. The summed E-state index contributed by atoms with van der Waals surface area (Å²) in [6.07, 6.45) is 3.33. The maximum absolute atomic E-state index is 13.0. The summed E-state index contributed by atoms with van der Waals surface area (Å²) in [6.45, 7) is 1.98. The van der Waals surface area contributed by atoms with Gasteiger partial charge in [0.1, 0.15) is 18.1 Å². The van der Waals surface area contributed by atoms with Gasteiger partial charge in [-0.3, -0.25) is 4.79 Å². The van der Waals surface area contributed by atoms with Gasteiger partial charge in [0.2, 0.25) is 0 Å². The van der Waals surface area contributed by atoms with Gasteiger partial charge in [0.05, 0.1) is 5.69 Å². The Morgan fingerprint density at radius 2 is 2.10 bits per heavy atom. The van der Waals surface area contributed by atoms with E-state index in [-0.39, 0.29) is 18.4 Å². The van der Waals surface area contributed by atoms with Crippen LogP contribution in [0.25, 0.3) is 5.69 Å². The molecule has 1 aromatic carbocycles. The molecule has 0 fully saturated rings. The first-order valence-electron chi connectivity index (χ1n) is 7.20. The highest BCUT2D eigenvalue weighted by atomic mass is 19.1. The quantitative estimate of drug-likeness (QED) is 0.812. The van der Waals surface area contributed by atoms with E-state index in [0.717, 1.165) is 36.3 Å². The lowest BCUT2D eigenvalue weighted by atomic mass is 10.2. The standard InChI is InChI=1S/C16H17FN2O2/c1-2-16(20)21-10-14-13-4-3-5-15(13)19(18-14)12-8-6-11(17)7-9-12/h6-9H,2-5,10H2,1H3. The SMILES string of the molecule is CCC(=O)OCc1nn(-c2ccc(F)cc2)c2c1CCC2. The van der Waals surface area contributed by atoms with Crippen molar-refractivity contribution in [2.75, 3.05) is 0 Å². The van der Waals surface area contributed by atoms with Crippen molar-refractivity contribution < 1.29 is 13.9 Å². The largest absolute Gasteiger partial charge is 0.459 e. The lowest BCUT2D eigenvalue weighted by Crippen LogP contribution is -2.05. The number of benzene rings is 1. The second-order valence-electron chi connectivity index (χ2n) is 5.13. The predicted molar refractivity (Wildman–Crippen MR) is 75.6 cm³/mol. The molecule has 0 atom stereocenters. The molecule has 2 aromatic rings. The molecule has 1 aromatic heterocycles. The normalized spacial score (nSPS) is 13.2. The maximum atomic E-state index is 13.0. The van der Waals surface area contributed by atoms with Gasteiger partial charge >= 0.3 is 5.97 Å². The number of rotatable bonds is 4. The van der Waals surface area contributed by atoms with Crippen molar-refractivity contribution in [3.8, 4) is 5.69 Å². The minimum Gasteiger partial charge on any atom is -0.459 e. The van der Waals surface area contributed by atoms with Crippen molar-refractivity contribution in [2.24, 2.45) is 0 Å². The summed E-state index contributed by atoms with van der Waals surface area (Å²) < 4.78 is 20.1. The molecule has 21 heavy (non-hydrogen) atoms. The van der Waals surface area contributed by atoms with Crippen molar-refractivity contribution in [1.82, 2.24) is 9.78 Å². The number of halogens is 1. The van der Waals surface area contributed by atoms with Gasteiger partial charge in [-0.1, -0.05) is 6.92 Å². The van der Waals surface area contributed by atoms with E-state index in [0.29, 0.717) is 6.42 Å². The van der Waals surface area contributed by atoms with E-state index in [2.05, 4.69) is 5.10 Å². The summed E-state index contributed by atoms with van der Waals surface area (Å²) in [5.41, 5.74) is 3.96. The number of nitrogens with zero attached hydrogens (tertiary/aromatic N) is 2. The Kier molecular flexibility index (Phi) is 3.73. The summed E-state index contributed by atoms with van der Waals surface area (Å²) in [6, 6.07) is 6.27. The third-order valence-corrected chi connectivity index (χ3v) is 3.74. The fourth-order valence-electron chi connectivity index (χ4n) is 2.68. The van der Waals surface area contributed by atoms with Gasteiger partial charge < -0.3 is 4.74 Å². The summed E-state index contributed by atoms with van der Waals surface area (Å²) in [4.78, 5) is 11.3. The van der Waals surface area contributed by atoms with Crippen molar-refractivity contribution in [3.05, 3.63) is 47.0 Å². The van der Waals surface area contributed by atoms with Crippen LogP contribution in [0.4, 0.5) is 4.39 Å². The number of esters is 1. The number of carbonyl (C=O) groups is 1. The van der Waals surface area contributed by atoms with E-state index in [1.807, 2.05) is 4.68 Å². The smallest absolute Gasteiger partial charge is 0.305 e. The monoisotopic (exact) mass is 288 g/mol. The van der Waals surface area contributed by atoms with E-state index >= 15 is 0 Å². The zero-order valence-corrected chi connectivity index (χ0v) is 11.9. The van der Waals surface area contributed by atoms with Crippen LogP contribution >= 0.6 is 0 Å². The Balaban J connectivity index is 1.91. The molecule has 1 aliphatic carbocycles. The van der Waals surface area contributed by atoms with Gasteiger partial charge in [-0.2, -0.15) is 5.10 Å². The molecule has 1 heterocycles. The van der Waals surface area contributed by atoms with Crippen molar-refractivity contribution in [2.45, 2.75) is 39.2 Å². The number of carbonyl (C=O) groups excluding carboxylic acids is 1. The molecule has 110 valence electrons. The minimum absolute atomic E-state index is 0.212. The Hall–Kier alpha value is -2.17. The summed E-state index contributed by atoms with van der Waals surface area (Å²) in [5, 5.41) is 4.55. The molecule has 0 saturated carbocycles. The predicted octanol–water partition coefficient (Wildman–Crippen LogP) is 2.95.